The zero-order chi connectivity index (χ0) is 15.6. The Labute approximate surface area is 128 Å². The highest BCUT2D eigenvalue weighted by Crippen LogP contribution is 2.25. The van der Waals surface area contributed by atoms with Crippen LogP contribution in [0.25, 0.3) is 0 Å². The van der Waals surface area contributed by atoms with Gasteiger partial charge in [-0.2, -0.15) is 0 Å². The van der Waals surface area contributed by atoms with Crippen molar-refractivity contribution in [3.05, 3.63) is 0 Å². The lowest BCUT2D eigenvalue weighted by Gasteiger charge is -2.36. The molecule has 0 aromatic heterocycles. The normalized spacial score (nSPS) is 26.7. The predicted molar refractivity (Wildman–Crippen MR) is 82.8 cm³/mol. The summed E-state index contributed by atoms with van der Waals surface area (Å²) in [5, 5.41) is 2.90. The van der Waals surface area contributed by atoms with E-state index in [0.717, 1.165) is 32.5 Å². The van der Waals surface area contributed by atoms with Crippen LogP contribution in [0.2, 0.25) is 0 Å². The molecule has 0 bridgehead atoms. The average Bonchev–Trinajstić information content (AvgIpc) is 2.54. The molecule has 2 fully saturated rings. The van der Waals surface area contributed by atoms with Crippen LogP contribution in [0.1, 0.15) is 40.0 Å². The summed E-state index contributed by atoms with van der Waals surface area (Å²) in [6.07, 6.45) is 2.70. The first-order chi connectivity index (χ1) is 9.77. The van der Waals surface area contributed by atoms with Gasteiger partial charge in [0, 0.05) is 19.5 Å². The lowest BCUT2D eigenvalue weighted by Crippen LogP contribution is -2.52. The van der Waals surface area contributed by atoms with E-state index in [2.05, 4.69) is 17.3 Å². The van der Waals surface area contributed by atoms with E-state index < -0.39 is 6.04 Å². The molecule has 0 aromatic rings. The number of piperidine rings is 1. The van der Waals surface area contributed by atoms with E-state index in [1.54, 1.807) is 0 Å². The number of hydrogen-bond donors (Lipinski definition) is 1. The molecule has 1 unspecified atom stereocenters. The van der Waals surface area contributed by atoms with Crippen LogP contribution >= 0.6 is 0 Å². The van der Waals surface area contributed by atoms with Gasteiger partial charge in [-0.25, -0.2) is 0 Å². The molecular formula is C16H29N3O2. The summed E-state index contributed by atoms with van der Waals surface area (Å²) in [5.41, 5.74) is -0.248. The standard InChI is InChI=1S/C16H29N3O2/c1-16(2,3)14-15(21)19(10-7-13(20)17-14)11-12-5-8-18(4)9-6-12/h12,14H,5-11H2,1-4H3,(H,17,20). The summed E-state index contributed by atoms with van der Waals surface area (Å²) < 4.78 is 0. The number of carbonyl (C=O) groups excluding carboxylic acids is 2. The number of hydrogen-bond acceptors (Lipinski definition) is 3. The summed E-state index contributed by atoms with van der Waals surface area (Å²) in [5.74, 6) is 0.653. The van der Waals surface area contributed by atoms with Crippen molar-refractivity contribution in [2.24, 2.45) is 11.3 Å². The summed E-state index contributed by atoms with van der Waals surface area (Å²) in [7, 11) is 2.14. The molecule has 2 heterocycles. The van der Waals surface area contributed by atoms with Crippen LogP contribution in [0.15, 0.2) is 0 Å². The van der Waals surface area contributed by atoms with Crippen molar-refractivity contribution in [2.45, 2.75) is 46.1 Å². The molecule has 1 N–H and O–H groups in total. The Morgan fingerprint density at radius 1 is 1.14 bits per heavy atom. The Kier molecular flexibility index (Phi) is 4.91. The van der Waals surface area contributed by atoms with Crippen LogP contribution in [0.5, 0.6) is 0 Å². The van der Waals surface area contributed by atoms with E-state index in [0.29, 0.717) is 18.9 Å². The van der Waals surface area contributed by atoms with E-state index in [-0.39, 0.29) is 17.2 Å². The molecule has 5 heteroatoms. The molecule has 2 saturated heterocycles. The molecule has 0 aromatic carbocycles. The summed E-state index contributed by atoms with van der Waals surface area (Å²) in [6.45, 7) is 9.59. The zero-order valence-corrected chi connectivity index (χ0v) is 13.8. The molecule has 2 aliphatic rings. The molecule has 2 aliphatic heterocycles. The summed E-state index contributed by atoms with van der Waals surface area (Å²) in [6, 6.07) is -0.404. The Morgan fingerprint density at radius 3 is 2.33 bits per heavy atom. The molecule has 21 heavy (non-hydrogen) atoms. The second-order valence-electron chi connectivity index (χ2n) is 7.65. The van der Waals surface area contributed by atoms with Crippen molar-refractivity contribution < 1.29 is 9.59 Å². The second-order valence-corrected chi connectivity index (χ2v) is 7.65. The fourth-order valence-corrected chi connectivity index (χ4v) is 3.15. The molecule has 2 amide bonds. The van der Waals surface area contributed by atoms with Crippen LogP contribution in [-0.2, 0) is 9.59 Å². The maximum atomic E-state index is 12.8. The van der Waals surface area contributed by atoms with E-state index >= 15 is 0 Å². The van der Waals surface area contributed by atoms with Gasteiger partial charge in [0.25, 0.3) is 0 Å². The first-order valence-corrected chi connectivity index (χ1v) is 8.04. The molecule has 1 atom stereocenters. The Balaban J connectivity index is 2.04. The van der Waals surface area contributed by atoms with Crippen LogP contribution in [-0.4, -0.2) is 60.9 Å². The van der Waals surface area contributed by atoms with Crippen LogP contribution in [0.4, 0.5) is 0 Å². The number of rotatable bonds is 2. The SMILES string of the molecule is CN1CCC(CN2CCC(=O)NC(C(C)(C)C)C2=O)CC1. The third-order valence-corrected chi connectivity index (χ3v) is 4.66. The highest BCUT2D eigenvalue weighted by molar-refractivity contribution is 5.90. The number of amides is 2. The van der Waals surface area contributed by atoms with Gasteiger partial charge < -0.3 is 15.1 Å². The minimum absolute atomic E-state index is 0.00541. The highest BCUT2D eigenvalue weighted by atomic mass is 16.2. The van der Waals surface area contributed by atoms with E-state index in [4.69, 9.17) is 0 Å². The molecule has 0 saturated carbocycles. The van der Waals surface area contributed by atoms with Gasteiger partial charge >= 0.3 is 0 Å². The molecular weight excluding hydrogens is 266 g/mol. The van der Waals surface area contributed by atoms with Gasteiger partial charge in [-0.3, -0.25) is 9.59 Å². The van der Waals surface area contributed by atoms with Gasteiger partial charge in [0.15, 0.2) is 0 Å². The number of carbonyl (C=O) groups is 2. The fourth-order valence-electron chi connectivity index (χ4n) is 3.15. The molecule has 5 nitrogen and oxygen atoms in total. The molecule has 2 rings (SSSR count). The third kappa shape index (κ3) is 4.19. The first-order valence-electron chi connectivity index (χ1n) is 8.04. The van der Waals surface area contributed by atoms with Gasteiger partial charge in [0.1, 0.15) is 6.04 Å². The quantitative estimate of drug-likeness (QED) is 0.830. The van der Waals surface area contributed by atoms with Crippen molar-refractivity contribution in [3.63, 3.8) is 0 Å². The maximum absolute atomic E-state index is 12.8. The van der Waals surface area contributed by atoms with Crippen LogP contribution in [0, 0.1) is 11.3 Å². The van der Waals surface area contributed by atoms with Crippen molar-refractivity contribution in [1.82, 2.24) is 15.1 Å². The van der Waals surface area contributed by atoms with Crippen molar-refractivity contribution >= 4 is 11.8 Å². The summed E-state index contributed by atoms with van der Waals surface area (Å²) in [4.78, 5) is 28.9. The highest BCUT2D eigenvalue weighted by Gasteiger charge is 2.38. The van der Waals surface area contributed by atoms with E-state index in [1.165, 1.54) is 0 Å². The van der Waals surface area contributed by atoms with Gasteiger partial charge in [-0.05, 0) is 44.3 Å². The number of likely N-dealkylation sites (tertiary alicyclic amines) is 1. The monoisotopic (exact) mass is 295 g/mol. The van der Waals surface area contributed by atoms with Gasteiger partial charge in [0.2, 0.25) is 11.8 Å². The first kappa shape index (κ1) is 16.3. The zero-order valence-electron chi connectivity index (χ0n) is 13.8. The molecule has 0 aliphatic carbocycles. The van der Waals surface area contributed by atoms with Gasteiger partial charge in [0.05, 0.1) is 0 Å². The van der Waals surface area contributed by atoms with Crippen LogP contribution in [0.3, 0.4) is 0 Å². The maximum Gasteiger partial charge on any atom is 0.245 e. The Hall–Kier alpha value is -1.10. The van der Waals surface area contributed by atoms with Crippen LogP contribution < -0.4 is 5.32 Å². The van der Waals surface area contributed by atoms with Crippen molar-refractivity contribution in [3.8, 4) is 0 Å². The largest absolute Gasteiger partial charge is 0.344 e. The fraction of sp³-hybridized carbons (Fsp3) is 0.875. The Bertz CT molecular complexity index is 395. The van der Waals surface area contributed by atoms with E-state index in [9.17, 15) is 9.59 Å². The molecule has 0 radical (unpaired) electrons. The number of nitrogens with zero attached hydrogens (tertiary/aromatic N) is 2. The molecule has 120 valence electrons. The lowest BCUT2D eigenvalue weighted by atomic mass is 9.85. The minimum atomic E-state index is -0.404. The smallest absolute Gasteiger partial charge is 0.245 e. The van der Waals surface area contributed by atoms with E-state index in [1.807, 2.05) is 25.7 Å². The average molecular weight is 295 g/mol. The second kappa shape index (κ2) is 6.34. The summed E-state index contributed by atoms with van der Waals surface area (Å²) >= 11 is 0. The van der Waals surface area contributed by atoms with Gasteiger partial charge in [-0.1, -0.05) is 20.8 Å². The lowest BCUT2D eigenvalue weighted by molar-refractivity contribution is -0.137. The number of nitrogens with one attached hydrogen (secondary N) is 1. The predicted octanol–water partition coefficient (Wildman–Crippen LogP) is 1.09. The minimum Gasteiger partial charge on any atom is -0.344 e. The topological polar surface area (TPSA) is 52.6 Å². The molecule has 0 spiro atoms. The van der Waals surface area contributed by atoms with Gasteiger partial charge in [-0.15, -0.1) is 0 Å². The Morgan fingerprint density at radius 2 is 1.76 bits per heavy atom. The van der Waals surface area contributed by atoms with Crippen molar-refractivity contribution in [1.29, 1.82) is 0 Å². The third-order valence-electron chi connectivity index (χ3n) is 4.66. The van der Waals surface area contributed by atoms with Crippen molar-refractivity contribution in [2.75, 3.05) is 33.2 Å².